The van der Waals surface area contributed by atoms with E-state index in [0.29, 0.717) is 48.9 Å². The number of nitrogens with zero attached hydrogens (tertiary/aromatic N) is 4. The molecule has 3 N–H and O–H groups in total. The van der Waals surface area contributed by atoms with Crippen LogP contribution in [0.15, 0.2) is 59.6 Å². The van der Waals surface area contributed by atoms with Gasteiger partial charge in [-0.1, -0.05) is 12.1 Å². The van der Waals surface area contributed by atoms with E-state index in [1.165, 1.54) is 22.6 Å². The molecule has 1 aromatic heterocycles. The van der Waals surface area contributed by atoms with E-state index in [2.05, 4.69) is 20.2 Å². The molecule has 1 amide bonds. The minimum absolute atomic E-state index is 0. The van der Waals surface area contributed by atoms with Gasteiger partial charge in [0, 0.05) is 37.4 Å². The fraction of sp³-hybridized carbons (Fsp3) is 0.261. The molecule has 0 aliphatic carbocycles. The highest BCUT2D eigenvalue weighted by molar-refractivity contribution is 7.89. The van der Waals surface area contributed by atoms with Crippen LogP contribution >= 0.6 is 12.4 Å². The third-order valence-corrected chi connectivity index (χ3v) is 7.53. The van der Waals surface area contributed by atoms with Crippen LogP contribution in [0, 0.1) is 0 Å². The van der Waals surface area contributed by atoms with E-state index in [4.69, 9.17) is 10.5 Å². The van der Waals surface area contributed by atoms with Crippen LogP contribution in [0.3, 0.4) is 0 Å². The monoisotopic (exact) mass is 518 g/mol. The maximum Gasteiger partial charge on any atom is 0.278 e. The summed E-state index contributed by atoms with van der Waals surface area (Å²) in [5.41, 5.74) is 7.44. The summed E-state index contributed by atoms with van der Waals surface area (Å²) in [6, 6.07) is 13.2. The number of piperazine rings is 1. The second kappa shape index (κ2) is 11.0. The molecule has 3 aromatic rings. The van der Waals surface area contributed by atoms with E-state index >= 15 is 0 Å². The van der Waals surface area contributed by atoms with Crippen LogP contribution in [-0.4, -0.2) is 73.8 Å². The fourth-order valence-corrected chi connectivity index (χ4v) is 4.97. The molecular weight excluding hydrogens is 492 g/mol. The number of hydrogen-bond acceptors (Lipinski definition) is 8. The highest BCUT2D eigenvalue weighted by atomic mass is 35.5. The smallest absolute Gasteiger partial charge is 0.278 e. The molecule has 2 heterocycles. The zero-order valence-electron chi connectivity index (χ0n) is 19.3. The lowest BCUT2D eigenvalue weighted by Crippen LogP contribution is -2.46. The van der Waals surface area contributed by atoms with Crippen molar-refractivity contribution in [1.29, 1.82) is 0 Å². The van der Waals surface area contributed by atoms with Crippen LogP contribution in [0.4, 0.5) is 11.5 Å². The number of anilines is 2. The average molecular weight is 519 g/mol. The van der Waals surface area contributed by atoms with E-state index in [1.54, 1.807) is 43.5 Å². The molecule has 2 aromatic carbocycles. The molecule has 0 atom stereocenters. The number of rotatable bonds is 6. The van der Waals surface area contributed by atoms with Gasteiger partial charge in [0.25, 0.3) is 5.91 Å². The van der Waals surface area contributed by atoms with Gasteiger partial charge in [0.05, 0.1) is 23.9 Å². The molecule has 0 unspecified atom stereocenters. The number of hydrogen-bond donors (Lipinski definition) is 2. The first-order valence-electron chi connectivity index (χ1n) is 10.6. The van der Waals surface area contributed by atoms with Crippen molar-refractivity contribution in [3.05, 3.63) is 60.4 Å². The first kappa shape index (κ1) is 26.4. The van der Waals surface area contributed by atoms with Gasteiger partial charge in [0.1, 0.15) is 5.75 Å². The molecule has 1 aliphatic rings. The summed E-state index contributed by atoms with van der Waals surface area (Å²) in [6.45, 7) is 2.30. The lowest BCUT2D eigenvalue weighted by Gasteiger charge is -2.31. The van der Waals surface area contributed by atoms with Gasteiger partial charge in [-0.2, -0.15) is 4.31 Å². The number of methoxy groups -OCH3 is 1. The Morgan fingerprint density at radius 1 is 1.03 bits per heavy atom. The quantitative estimate of drug-likeness (QED) is 0.508. The molecule has 1 saturated heterocycles. The van der Waals surface area contributed by atoms with Crippen molar-refractivity contribution in [3.63, 3.8) is 0 Å². The van der Waals surface area contributed by atoms with Crippen molar-refractivity contribution in [2.45, 2.75) is 4.90 Å². The summed E-state index contributed by atoms with van der Waals surface area (Å²) in [4.78, 5) is 23.5. The third kappa shape index (κ3) is 5.88. The van der Waals surface area contributed by atoms with Crippen LogP contribution in [0.25, 0.3) is 11.3 Å². The Morgan fingerprint density at radius 2 is 1.66 bits per heavy atom. The SMILES string of the molecule is COc1ccc(NC(=O)c2nc(-c3ccc(S(=O)(=O)N4CCN(C)CC4)cc3)cnc2N)cc1.Cl. The van der Waals surface area contributed by atoms with E-state index in [1.807, 2.05) is 7.05 Å². The largest absolute Gasteiger partial charge is 0.497 e. The summed E-state index contributed by atoms with van der Waals surface area (Å²) in [6.07, 6.45) is 1.45. The number of carbonyl (C=O) groups excluding carboxylic acids is 1. The summed E-state index contributed by atoms with van der Waals surface area (Å²) >= 11 is 0. The molecule has 0 saturated carbocycles. The van der Waals surface area contributed by atoms with Crippen molar-refractivity contribution >= 4 is 39.8 Å². The van der Waals surface area contributed by atoms with Gasteiger partial charge in [-0.05, 0) is 43.4 Å². The predicted molar refractivity (Wildman–Crippen MR) is 136 cm³/mol. The number of halogens is 1. The van der Waals surface area contributed by atoms with Gasteiger partial charge in [-0.15, -0.1) is 12.4 Å². The molecular formula is C23H27ClN6O4S. The Balaban J connectivity index is 0.00000342. The van der Waals surface area contributed by atoms with E-state index in [0.717, 1.165) is 0 Å². The molecule has 4 rings (SSSR count). The Morgan fingerprint density at radius 3 is 2.26 bits per heavy atom. The van der Waals surface area contributed by atoms with Crippen LogP contribution in [-0.2, 0) is 10.0 Å². The van der Waals surface area contributed by atoms with Gasteiger partial charge < -0.3 is 20.7 Å². The third-order valence-electron chi connectivity index (χ3n) is 5.61. The summed E-state index contributed by atoms with van der Waals surface area (Å²) in [7, 11) is -0.0454. The van der Waals surface area contributed by atoms with Gasteiger partial charge in [-0.25, -0.2) is 18.4 Å². The van der Waals surface area contributed by atoms with Gasteiger partial charge in [-0.3, -0.25) is 4.79 Å². The second-order valence-corrected chi connectivity index (χ2v) is 9.84. The molecule has 35 heavy (non-hydrogen) atoms. The number of aromatic nitrogens is 2. The molecule has 1 fully saturated rings. The summed E-state index contributed by atoms with van der Waals surface area (Å²) in [5, 5.41) is 2.73. The highest BCUT2D eigenvalue weighted by Crippen LogP contribution is 2.24. The summed E-state index contributed by atoms with van der Waals surface area (Å²) in [5.74, 6) is 0.146. The highest BCUT2D eigenvalue weighted by Gasteiger charge is 2.27. The average Bonchev–Trinajstić information content (AvgIpc) is 2.85. The molecule has 10 nitrogen and oxygen atoms in total. The standard InChI is InChI=1S/C23H26N6O4S.ClH/c1-28-11-13-29(14-12-28)34(31,32)19-9-3-16(4-10-19)20-15-25-22(24)21(27-20)23(30)26-17-5-7-18(33-2)8-6-17;/h3-10,15H,11-14H2,1-2H3,(H2,24,25)(H,26,30);1H. The molecule has 1 aliphatic heterocycles. The molecule has 186 valence electrons. The maximum atomic E-state index is 12.9. The lowest BCUT2D eigenvalue weighted by molar-refractivity contribution is 0.102. The zero-order chi connectivity index (χ0) is 24.3. The Hall–Kier alpha value is -3.25. The van der Waals surface area contributed by atoms with Gasteiger partial charge in [0.15, 0.2) is 11.5 Å². The number of likely N-dealkylation sites (N-methyl/N-ethyl adjacent to an activating group) is 1. The fourth-order valence-electron chi connectivity index (χ4n) is 3.54. The van der Waals surface area contributed by atoms with Crippen molar-refractivity contribution in [1.82, 2.24) is 19.2 Å². The minimum Gasteiger partial charge on any atom is -0.497 e. The Kier molecular flexibility index (Phi) is 8.28. The zero-order valence-corrected chi connectivity index (χ0v) is 21.0. The van der Waals surface area contributed by atoms with Gasteiger partial charge >= 0.3 is 0 Å². The predicted octanol–water partition coefficient (Wildman–Crippen LogP) is 2.34. The van der Waals surface area contributed by atoms with Crippen LogP contribution in [0.5, 0.6) is 5.75 Å². The van der Waals surface area contributed by atoms with E-state index in [9.17, 15) is 13.2 Å². The first-order valence-corrected chi connectivity index (χ1v) is 12.1. The van der Waals surface area contributed by atoms with Crippen molar-refractivity contribution in [3.8, 4) is 17.0 Å². The molecule has 12 heteroatoms. The number of nitrogen functional groups attached to an aromatic ring is 1. The van der Waals surface area contributed by atoms with Crippen LogP contribution in [0.1, 0.15) is 10.5 Å². The second-order valence-electron chi connectivity index (χ2n) is 7.90. The Labute approximate surface area is 210 Å². The number of ether oxygens (including phenoxy) is 1. The molecule has 0 radical (unpaired) electrons. The number of sulfonamides is 1. The number of benzene rings is 2. The number of nitrogens with one attached hydrogen (secondary N) is 1. The maximum absolute atomic E-state index is 12.9. The Bertz CT molecular complexity index is 1280. The molecule has 0 spiro atoms. The normalized spacial score (nSPS) is 14.7. The number of nitrogens with two attached hydrogens (primary N) is 1. The summed E-state index contributed by atoms with van der Waals surface area (Å²) < 4.78 is 32.5. The minimum atomic E-state index is -3.57. The molecule has 0 bridgehead atoms. The van der Waals surface area contributed by atoms with Crippen LogP contribution in [0.2, 0.25) is 0 Å². The van der Waals surface area contributed by atoms with Crippen molar-refractivity contribution in [2.24, 2.45) is 0 Å². The van der Waals surface area contributed by atoms with E-state index in [-0.39, 0.29) is 28.8 Å². The van der Waals surface area contributed by atoms with Crippen molar-refractivity contribution in [2.75, 3.05) is 51.4 Å². The van der Waals surface area contributed by atoms with E-state index < -0.39 is 15.9 Å². The van der Waals surface area contributed by atoms with Gasteiger partial charge in [0.2, 0.25) is 10.0 Å². The number of amides is 1. The first-order chi connectivity index (χ1) is 16.3. The number of carbonyl (C=O) groups is 1. The van der Waals surface area contributed by atoms with Crippen LogP contribution < -0.4 is 15.8 Å². The lowest BCUT2D eigenvalue weighted by atomic mass is 10.1. The topological polar surface area (TPSA) is 131 Å². The van der Waals surface area contributed by atoms with Crippen molar-refractivity contribution < 1.29 is 17.9 Å².